The van der Waals surface area contributed by atoms with Crippen LogP contribution in [0.5, 0.6) is 0 Å². The lowest BCUT2D eigenvalue weighted by Gasteiger charge is -2.21. The van der Waals surface area contributed by atoms with Crippen LogP contribution in [0.25, 0.3) is 0 Å². The summed E-state index contributed by atoms with van der Waals surface area (Å²) in [6.45, 7) is 1.86. The molecule has 1 unspecified atom stereocenters. The Bertz CT molecular complexity index is 187. The van der Waals surface area contributed by atoms with Crippen LogP contribution in [-0.2, 0) is 0 Å². The highest BCUT2D eigenvalue weighted by Gasteiger charge is 2.12. The van der Waals surface area contributed by atoms with Crippen molar-refractivity contribution < 1.29 is 0 Å². The van der Waals surface area contributed by atoms with Crippen LogP contribution < -0.4 is 11.1 Å². The molecule has 0 aromatic carbocycles. The summed E-state index contributed by atoms with van der Waals surface area (Å²) in [6.07, 6.45) is -0.170. The molecule has 5 heteroatoms. The topological polar surface area (TPSA) is 66.0 Å². The number of hydrogen-bond donors (Lipinski definition) is 2. The normalized spacial score (nSPS) is 24.2. The van der Waals surface area contributed by atoms with E-state index >= 15 is 0 Å². The van der Waals surface area contributed by atoms with E-state index in [2.05, 4.69) is 15.3 Å². The van der Waals surface area contributed by atoms with E-state index in [9.17, 15) is 0 Å². The largest absolute Gasteiger partial charge is 0.370 e. The maximum atomic E-state index is 5.48. The van der Waals surface area contributed by atoms with Crippen molar-refractivity contribution in [2.45, 2.75) is 13.2 Å². The van der Waals surface area contributed by atoms with Gasteiger partial charge in [0.15, 0.2) is 5.96 Å². The number of rotatable bonds is 1. The number of amidine groups is 1. The summed E-state index contributed by atoms with van der Waals surface area (Å²) in [5.41, 5.74) is 5.48. The second-order valence-corrected chi connectivity index (χ2v) is 2.66. The van der Waals surface area contributed by atoms with E-state index in [-0.39, 0.29) is 6.29 Å². The standard InChI is InChI=1S/C6H13N5/c1-4-8-5(7)10-6(9-4)11(2)3/h6H,1-3H3,(H3,7,8,9,10). The van der Waals surface area contributed by atoms with Crippen LogP contribution in [0, 0.1) is 0 Å². The molecule has 0 spiro atoms. The molecule has 1 aliphatic heterocycles. The molecule has 0 aliphatic carbocycles. The van der Waals surface area contributed by atoms with Gasteiger partial charge in [-0.05, 0) is 21.0 Å². The highest BCUT2D eigenvalue weighted by atomic mass is 15.4. The Kier molecular flexibility index (Phi) is 2.09. The van der Waals surface area contributed by atoms with Crippen molar-refractivity contribution in [1.82, 2.24) is 10.2 Å². The monoisotopic (exact) mass is 155 g/mol. The summed E-state index contributed by atoms with van der Waals surface area (Å²) in [5, 5.41) is 2.82. The Hall–Kier alpha value is -1.10. The highest BCUT2D eigenvalue weighted by molar-refractivity contribution is 5.99. The van der Waals surface area contributed by atoms with Crippen LogP contribution in [0.2, 0.25) is 0 Å². The van der Waals surface area contributed by atoms with Gasteiger partial charge in [-0.3, -0.25) is 4.90 Å². The molecule has 0 aromatic heterocycles. The average molecular weight is 155 g/mol. The third-order valence-electron chi connectivity index (χ3n) is 1.33. The van der Waals surface area contributed by atoms with Crippen LogP contribution in [0.1, 0.15) is 6.92 Å². The zero-order valence-electron chi connectivity index (χ0n) is 7.00. The lowest BCUT2D eigenvalue weighted by atomic mass is 10.5. The molecule has 3 N–H and O–H groups in total. The summed E-state index contributed by atoms with van der Waals surface area (Å²) >= 11 is 0. The Balaban J connectivity index is 2.73. The fraction of sp³-hybridized carbons (Fsp3) is 0.667. The van der Waals surface area contributed by atoms with Crippen LogP contribution in [0.4, 0.5) is 0 Å². The van der Waals surface area contributed by atoms with Gasteiger partial charge in [0.2, 0.25) is 6.29 Å². The zero-order chi connectivity index (χ0) is 8.43. The molecule has 0 amide bonds. The molecule has 0 radical (unpaired) electrons. The van der Waals surface area contributed by atoms with Gasteiger partial charge in [0.25, 0.3) is 0 Å². The zero-order valence-corrected chi connectivity index (χ0v) is 7.00. The number of guanidine groups is 1. The predicted octanol–water partition coefficient (Wildman–Crippen LogP) is -0.832. The first-order valence-electron chi connectivity index (χ1n) is 3.40. The summed E-state index contributed by atoms with van der Waals surface area (Å²) in [6, 6.07) is 0. The molecule has 1 heterocycles. The van der Waals surface area contributed by atoms with Gasteiger partial charge in [0.05, 0.1) is 0 Å². The quantitative estimate of drug-likeness (QED) is 0.519. The molecule has 5 nitrogen and oxygen atoms in total. The first-order valence-corrected chi connectivity index (χ1v) is 3.40. The Morgan fingerprint density at radius 3 is 2.55 bits per heavy atom. The van der Waals surface area contributed by atoms with Gasteiger partial charge < -0.3 is 11.1 Å². The summed E-state index contributed by atoms with van der Waals surface area (Å²) < 4.78 is 0. The second kappa shape index (κ2) is 2.87. The van der Waals surface area contributed by atoms with Crippen molar-refractivity contribution in [3.05, 3.63) is 0 Å². The molecule has 1 rings (SSSR count). The van der Waals surface area contributed by atoms with E-state index in [1.165, 1.54) is 0 Å². The number of nitrogens with one attached hydrogen (secondary N) is 1. The maximum Gasteiger partial charge on any atom is 0.201 e. The molecule has 0 saturated heterocycles. The molecule has 0 bridgehead atoms. The van der Waals surface area contributed by atoms with Crippen LogP contribution in [-0.4, -0.2) is 37.1 Å². The number of aliphatic imine (C=N–C) groups is 2. The van der Waals surface area contributed by atoms with Crippen molar-refractivity contribution in [2.24, 2.45) is 15.7 Å². The molecule has 62 valence electrons. The number of nitrogens with two attached hydrogens (primary N) is 1. The van der Waals surface area contributed by atoms with Gasteiger partial charge in [0, 0.05) is 0 Å². The fourth-order valence-corrected chi connectivity index (χ4v) is 0.807. The van der Waals surface area contributed by atoms with E-state index in [4.69, 9.17) is 5.73 Å². The minimum atomic E-state index is -0.170. The van der Waals surface area contributed by atoms with Gasteiger partial charge in [-0.15, -0.1) is 0 Å². The average Bonchev–Trinajstić information content (AvgIpc) is 1.85. The van der Waals surface area contributed by atoms with E-state index in [1.807, 2.05) is 25.9 Å². The molecule has 0 fully saturated rings. The molecule has 0 aromatic rings. The Morgan fingerprint density at radius 2 is 2.09 bits per heavy atom. The minimum Gasteiger partial charge on any atom is -0.370 e. The van der Waals surface area contributed by atoms with Gasteiger partial charge in [-0.2, -0.15) is 0 Å². The molecule has 1 aliphatic rings. The molecule has 1 atom stereocenters. The van der Waals surface area contributed by atoms with E-state index in [0.717, 1.165) is 5.84 Å². The first kappa shape index (κ1) is 8.00. The van der Waals surface area contributed by atoms with Crippen molar-refractivity contribution in [3.63, 3.8) is 0 Å². The molecular weight excluding hydrogens is 142 g/mol. The van der Waals surface area contributed by atoms with Crippen molar-refractivity contribution in [3.8, 4) is 0 Å². The fourth-order valence-electron chi connectivity index (χ4n) is 0.807. The first-order chi connectivity index (χ1) is 5.09. The Labute approximate surface area is 66.0 Å². The van der Waals surface area contributed by atoms with E-state index < -0.39 is 0 Å². The van der Waals surface area contributed by atoms with Crippen LogP contribution >= 0.6 is 0 Å². The van der Waals surface area contributed by atoms with Gasteiger partial charge in [-0.1, -0.05) is 0 Å². The smallest absolute Gasteiger partial charge is 0.201 e. The molecule has 11 heavy (non-hydrogen) atoms. The summed E-state index contributed by atoms with van der Waals surface area (Å²) in [7, 11) is 3.81. The Morgan fingerprint density at radius 1 is 1.45 bits per heavy atom. The van der Waals surface area contributed by atoms with Gasteiger partial charge in [-0.25, -0.2) is 9.98 Å². The lowest BCUT2D eigenvalue weighted by Crippen LogP contribution is -2.43. The third kappa shape index (κ3) is 1.91. The van der Waals surface area contributed by atoms with Crippen molar-refractivity contribution in [1.29, 1.82) is 0 Å². The molecule has 0 saturated carbocycles. The number of nitrogens with zero attached hydrogens (tertiary/aromatic N) is 3. The second-order valence-electron chi connectivity index (χ2n) is 2.66. The highest BCUT2D eigenvalue weighted by Crippen LogP contribution is 2.00. The SMILES string of the molecule is CC1=NC(N(C)C)N=C(N)N1. The van der Waals surface area contributed by atoms with Gasteiger partial charge >= 0.3 is 0 Å². The maximum absolute atomic E-state index is 5.48. The number of hydrogen-bond acceptors (Lipinski definition) is 5. The van der Waals surface area contributed by atoms with Crippen molar-refractivity contribution in [2.75, 3.05) is 14.1 Å². The van der Waals surface area contributed by atoms with E-state index in [1.54, 1.807) is 0 Å². The van der Waals surface area contributed by atoms with Gasteiger partial charge in [0.1, 0.15) is 5.84 Å². The molecular formula is C6H13N5. The minimum absolute atomic E-state index is 0.170. The third-order valence-corrected chi connectivity index (χ3v) is 1.33. The predicted molar refractivity (Wildman–Crippen MR) is 45.3 cm³/mol. The van der Waals surface area contributed by atoms with Crippen LogP contribution in [0.3, 0.4) is 0 Å². The van der Waals surface area contributed by atoms with Crippen LogP contribution in [0.15, 0.2) is 9.98 Å². The summed E-state index contributed by atoms with van der Waals surface area (Å²) in [4.78, 5) is 10.1. The summed E-state index contributed by atoms with van der Waals surface area (Å²) in [5.74, 6) is 1.23. The lowest BCUT2D eigenvalue weighted by molar-refractivity contribution is 0.309. The van der Waals surface area contributed by atoms with E-state index in [0.29, 0.717) is 5.96 Å². The van der Waals surface area contributed by atoms with Crippen molar-refractivity contribution >= 4 is 11.8 Å².